The summed E-state index contributed by atoms with van der Waals surface area (Å²) in [5, 5.41) is 0. The first-order chi connectivity index (χ1) is 5.66. The third-order valence-electron chi connectivity index (χ3n) is 2.12. The van der Waals surface area contributed by atoms with Crippen LogP contribution in [0.3, 0.4) is 0 Å². The molecule has 0 rings (SSSR count). The van der Waals surface area contributed by atoms with E-state index in [0.29, 0.717) is 0 Å². The molecule has 0 aliphatic rings. The zero-order chi connectivity index (χ0) is 9.40. The van der Waals surface area contributed by atoms with E-state index < -0.39 is 0 Å². The van der Waals surface area contributed by atoms with Crippen LogP contribution in [-0.4, -0.2) is 7.28 Å². The molecule has 0 aromatic rings. The van der Waals surface area contributed by atoms with Crippen molar-refractivity contribution in [2.75, 3.05) is 0 Å². The molecule has 0 saturated heterocycles. The lowest BCUT2D eigenvalue weighted by Gasteiger charge is -2.03. The highest BCUT2D eigenvalue weighted by Crippen LogP contribution is 2.09. The van der Waals surface area contributed by atoms with E-state index in [-0.39, 0.29) is 0 Å². The van der Waals surface area contributed by atoms with Crippen LogP contribution >= 0.6 is 0 Å². The Morgan fingerprint density at radius 3 is 2.50 bits per heavy atom. The Labute approximate surface area is 78.7 Å². The van der Waals surface area contributed by atoms with Crippen molar-refractivity contribution in [1.29, 1.82) is 0 Å². The van der Waals surface area contributed by atoms with E-state index in [1.165, 1.54) is 31.1 Å². The molecule has 0 unspecified atom stereocenters. The van der Waals surface area contributed by atoms with Gasteiger partial charge in [-0.1, -0.05) is 46.4 Å². The van der Waals surface area contributed by atoms with Crippen molar-refractivity contribution in [3.8, 4) is 0 Å². The van der Waals surface area contributed by atoms with Crippen LogP contribution in [0.2, 0.25) is 6.32 Å². The minimum absolute atomic E-state index is 0.861. The topological polar surface area (TPSA) is 0 Å². The zero-order valence-electron chi connectivity index (χ0n) is 8.90. The van der Waals surface area contributed by atoms with Crippen molar-refractivity contribution < 1.29 is 0 Å². The standard InChI is InChI=1S/C11H22B/c1-5-11(4)12-9-7-6-8-10(2)3/h10H,4-9H2,1-3H3. The fraction of sp³-hybridized carbons (Fsp3) is 0.818. The minimum Gasteiger partial charge on any atom is -0.116 e. The normalized spacial score (nSPS) is 10.3. The first kappa shape index (κ1) is 11.8. The van der Waals surface area contributed by atoms with E-state index >= 15 is 0 Å². The van der Waals surface area contributed by atoms with Crippen LogP contribution < -0.4 is 0 Å². The molecule has 69 valence electrons. The monoisotopic (exact) mass is 165 g/mol. The van der Waals surface area contributed by atoms with Gasteiger partial charge < -0.3 is 0 Å². The highest BCUT2D eigenvalue weighted by molar-refractivity contribution is 6.44. The molecular formula is C11H22B. The molecule has 0 aromatic heterocycles. The van der Waals surface area contributed by atoms with Gasteiger partial charge in [-0.25, -0.2) is 0 Å². The molecule has 0 saturated carbocycles. The first-order valence-corrected chi connectivity index (χ1v) is 5.17. The van der Waals surface area contributed by atoms with Gasteiger partial charge in [0.1, 0.15) is 7.28 Å². The average molecular weight is 165 g/mol. The first-order valence-electron chi connectivity index (χ1n) is 5.17. The van der Waals surface area contributed by atoms with Gasteiger partial charge in [0.05, 0.1) is 0 Å². The van der Waals surface area contributed by atoms with Gasteiger partial charge in [0, 0.05) is 0 Å². The number of rotatable bonds is 7. The van der Waals surface area contributed by atoms with Crippen LogP contribution in [0.25, 0.3) is 0 Å². The van der Waals surface area contributed by atoms with Gasteiger partial charge in [0.25, 0.3) is 0 Å². The minimum atomic E-state index is 0.861. The van der Waals surface area contributed by atoms with Crippen molar-refractivity contribution >= 4 is 7.28 Å². The Hall–Kier alpha value is -0.195. The van der Waals surface area contributed by atoms with E-state index in [4.69, 9.17) is 0 Å². The zero-order valence-corrected chi connectivity index (χ0v) is 8.90. The Morgan fingerprint density at radius 1 is 1.33 bits per heavy atom. The summed E-state index contributed by atoms with van der Waals surface area (Å²) >= 11 is 0. The number of hydrogen-bond donors (Lipinski definition) is 0. The van der Waals surface area contributed by atoms with Crippen LogP contribution in [0.1, 0.15) is 46.5 Å². The third-order valence-corrected chi connectivity index (χ3v) is 2.12. The second-order valence-corrected chi connectivity index (χ2v) is 3.89. The van der Waals surface area contributed by atoms with Crippen molar-refractivity contribution in [2.45, 2.75) is 52.8 Å². The molecule has 0 bridgehead atoms. The van der Waals surface area contributed by atoms with Gasteiger partial charge in [-0.3, -0.25) is 0 Å². The highest BCUT2D eigenvalue weighted by Gasteiger charge is 1.96. The maximum Gasteiger partial charge on any atom is 0.145 e. The van der Waals surface area contributed by atoms with Gasteiger partial charge in [0.15, 0.2) is 0 Å². The quantitative estimate of drug-likeness (QED) is 0.397. The Kier molecular flexibility index (Phi) is 7.33. The largest absolute Gasteiger partial charge is 0.145 e. The summed E-state index contributed by atoms with van der Waals surface area (Å²) in [6, 6.07) is 0. The molecule has 0 aliphatic carbocycles. The molecule has 0 amide bonds. The van der Waals surface area contributed by atoms with Gasteiger partial charge in [-0.2, -0.15) is 0 Å². The highest BCUT2D eigenvalue weighted by atomic mass is 14.0. The maximum atomic E-state index is 3.95. The molecule has 0 aliphatic heterocycles. The van der Waals surface area contributed by atoms with E-state index in [9.17, 15) is 0 Å². The third kappa shape index (κ3) is 7.91. The smallest absolute Gasteiger partial charge is 0.116 e. The molecule has 0 heterocycles. The summed E-state index contributed by atoms with van der Waals surface area (Å²) in [6.45, 7) is 10.7. The predicted octanol–water partition coefficient (Wildman–Crippen LogP) is 3.86. The van der Waals surface area contributed by atoms with Crippen LogP contribution in [-0.2, 0) is 0 Å². The van der Waals surface area contributed by atoms with Gasteiger partial charge >= 0.3 is 0 Å². The molecule has 0 nitrogen and oxygen atoms in total. The molecule has 12 heavy (non-hydrogen) atoms. The van der Waals surface area contributed by atoms with Crippen LogP contribution in [0, 0.1) is 5.92 Å². The molecule has 0 aromatic carbocycles. The van der Waals surface area contributed by atoms with Crippen LogP contribution in [0.5, 0.6) is 0 Å². The molecule has 0 spiro atoms. The SMILES string of the molecule is C=C([B]CCCCC(C)C)CC. The summed E-state index contributed by atoms with van der Waals surface area (Å²) in [7, 11) is 2.28. The van der Waals surface area contributed by atoms with Gasteiger partial charge in [-0.15, -0.1) is 12.1 Å². The van der Waals surface area contributed by atoms with Crippen molar-refractivity contribution in [1.82, 2.24) is 0 Å². The maximum absolute atomic E-state index is 3.95. The molecule has 0 atom stereocenters. The summed E-state index contributed by atoms with van der Waals surface area (Å²) in [5.41, 5.74) is 1.29. The molecule has 0 N–H and O–H groups in total. The summed E-state index contributed by atoms with van der Waals surface area (Å²) in [4.78, 5) is 0. The molecule has 1 heteroatoms. The molecule has 1 radical (unpaired) electrons. The Morgan fingerprint density at radius 2 is 2.00 bits per heavy atom. The second-order valence-electron chi connectivity index (χ2n) is 3.89. The number of hydrogen-bond acceptors (Lipinski definition) is 0. The Bertz CT molecular complexity index is 116. The second kappa shape index (κ2) is 7.45. The predicted molar refractivity (Wildman–Crippen MR) is 58.7 cm³/mol. The van der Waals surface area contributed by atoms with Crippen molar-refractivity contribution in [2.24, 2.45) is 5.92 Å². The van der Waals surface area contributed by atoms with E-state index in [0.717, 1.165) is 12.3 Å². The average Bonchev–Trinajstić information content (AvgIpc) is 2.03. The molecule has 0 fully saturated rings. The summed E-state index contributed by atoms with van der Waals surface area (Å²) in [6.07, 6.45) is 6.39. The lowest BCUT2D eigenvalue weighted by atomic mass is 9.65. The number of unbranched alkanes of at least 4 members (excludes halogenated alkanes) is 1. The Balaban J connectivity index is 3.05. The van der Waals surface area contributed by atoms with Crippen molar-refractivity contribution in [3.63, 3.8) is 0 Å². The van der Waals surface area contributed by atoms with Crippen molar-refractivity contribution in [3.05, 3.63) is 12.1 Å². The lowest BCUT2D eigenvalue weighted by molar-refractivity contribution is 0.549. The fourth-order valence-electron chi connectivity index (χ4n) is 1.15. The van der Waals surface area contributed by atoms with E-state index in [2.05, 4.69) is 34.6 Å². The summed E-state index contributed by atoms with van der Waals surface area (Å²) in [5.74, 6) is 0.861. The van der Waals surface area contributed by atoms with Gasteiger partial charge in [-0.05, 0) is 12.3 Å². The fourth-order valence-corrected chi connectivity index (χ4v) is 1.15. The number of allylic oxidation sites excluding steroid dienone is 1. The lowest BCUT2D eigenvalue weighted by Crippen LogP contribution is -1.94. The van der Waals surface area contributed by atoms with Gasteiger partial charge in [0.2, 0.25) is 0 Å². The van der Waals surface area contributed by atoms with Crippen LogP contribution in [0.4, 0.5) is 0 Å². The summed E-state index contributed by atoms with van der Waals surface area (Å²) < 4.78 is 0. The van der Waals surface area contributed by atoms with E-state index in [1.54, 1.807) is 0 Å². The van der Waals surface area contributed by atoms with E-state index in [1.807, 2.05) is 0 Å². The van der Waals surface area contributed by atoms with Crippen LogP contribution in [0.15, 0.2) is 12.1 Å². The molecular weight excluding hydrogens is 143 g/mol.